The molecule has 0 amide bonds. The highest BCUT2D eigenvalue weighted by molar-refractivity contribution is 5.81. The summed E-state index contributed by atoms with van der Waals surface area (Å²) in [6.07, 6.45) is 6.47. The van der Waals surface area contributed by atoms with Crippen molar-refractivity contribution in [3.63, 3.8) is 0 Å². The zero-order chi connectivity index (χ0) is 27.1. The smallest absolute Gasteiger partial charge is 0.165 e. The number of aromatic nitrogens is 6. The first-order valence-corrected chi connectivity index (χ1v) is 12.6. The van der Waals surface area contributed by atoms with Crippen LogP contribution in [0.25, 0.3) is 22.4 Å². The number of halogens is 2. The predicted molar refractivity (Wildman–Crippen MR) is 145 cm³/mol. The van der Waals surface area contributed by atoms with Crippen molar-refractivity contribution in [2.45, 2.75) is 31.8 Å². The zero-order valence-electron chi connectivity index (χ0n) is 21.4. The fraction of sp³-hybridized carbons (Fsp3) is 0.250. The van der Waals surface area contributed by atoms with E-state index in [1.54, 1.807) is 31.5 Å². The molecule has 0 unspecified atom stereocenters. The first kappa shape index (κ1) is 24.8. The molecule has 0 radical (unpaired) electrons. The van der Waals surface area contributed by atoms with E-state index >= 15 is 0 Å². The Balaban J connectivity index is 1.41. The van der Waals surface area contributed by atoms with Crippen LogP contribution in [0.1, 0.15) is 29.8 Å². The molecule has 1 atom stereocenters. The lowest BCUT2D eigenvalue weighted by molar-refractivity contribution is 0.343. The van der Waals surface area contributed by atoms with E-state index in [0.29, 0.717) is 47.2 Å². The molecular formula is C28H27F2N9. The number of rotatable bonds is 5. The third kappa shape index (κ3) is 4.65. The molecule has 5 aromatic rings. The molecule has 1 aliphatic rings. The molecule has 1 saturated heterocycles. The van der Waals surface area contributed by atoms with E-state index in [1.165, 1.54) is 24.5 Å². The van der Waals surface area contributed by atoms with Crippen LogP contribution in [0.3, 0.4) is 0 Å². The summed E-state index contributed by atoms with van der Waals surface area (Å²) < 4.78 is 29.4. The number of imidazole rings is 1. The van der Waals surface area contributed by atoms with Crippen molar-refractivity contribution >= 4 is 22.7 Å². The van der Waals surface area contributed by atoms with Gasteiger partial charge in [-0.1, -0.05) is 0 Å². The lowest BCUT2D eigenvalue weighted by Crippen LogP contribution is -2.52. The summed E-state index contributed by atoms with van der Waals surface area (Å²) in [5.41, 5.74) is 17.7. The number of hydrogen-bond acceptors (Lipinski definition) is 8. The number of nitrogens with zero attached hydrogens (tertiary/aromatic N) is 7. The number of benzene rings is 1. The molecule has 39 heavy (non-hydrogen) atoms. The van der Waals surface area contributed by atoms with Crippen molar-refractivity contribution in [1.82, 2.24) is 29.5 Å². The highest BCUT2D eigenvalue weighted by Gasteiger charge is 2.36. The lowest BCUT2D eigenvalue weighted by Gasteiger charge is -2.41. The molecule has 1 aromatic carbocycles. The Kier molecular flexibility index (Phi) is 6.15. The number of pyridine rings is 2. The Morgan fingerprint density at radius 1 is 1.03 bits per heavy atom. The van der Waals surface area contributed by atoms with E-state index < -0.39 is 5.54 Å². The van der Waals surface area contributed by atoms with E-state index in [1.807, 2.05) is 16.8 Å². The third-order valence-corrected chi connectivity index (χ3v) is 7.27. The van der Waals surface area contributed by atoms with Crippen LogP contribution in [0.4, 0.5) is 20.3 Å². The number of anilines is 2. The van der Waals surface area contributed by atoms with E-state index in [2.05, 4.69) is 24.8 Å². The van der Waals surface area contributed by atoms with Gasteiger partial charge in [0.05, 0.1) is 47.4 Å². The zero-order valence-corrected chi connectivity index (χ0v) is 21.4. The monoisotopic (exact) mass is 527 g/mol. The maximum atomic E-state index is 13.9. The van der Waals surface area contributed by atoms with Crippen LogP contribution in [-0.4, -0.2) is 42.6 Å². The van der Waals surface area contributed by atoms with Gasteiger partial charge in [-0.15, -0.1) is 0 Å². The Hall–Kier alpha value is -4.51. The molecule has 0 aliphatic carbocycles. The number of nitrogens with two attached hydrogens (primary N) is 2. The molecule has 6 rings (SSSR count). The molecule has 0 bridgehead atoms. The van der Waals surface area contributed by atoms with E-state index in [4.69, 9.17) is 16.5 Å². The van der Waals surface area contributed by atoms with Crippen LogP contribution in [0.15, 0.2) is 61.3 Å². The van der Waals surface area contributed by atoms with Crippen LogP contribution >= 0.6 is 0 Å². The minimum absolute atomic E-state index is 0.310. The number of nitrogen functional groups attached to an aromatic ring is 1. The minimum atomic E-state index is -0.757. The van der Waals surface area contributed by atoms with Gasteiger partial charge in [0.25, 0.3) is 0 Å². The fourth-order valence-electron chi connectivity index (χ4n) is 5.20. The number of hydrogen-bond donors (Lipinski definition) is 2. The van der Waals surface area contributed by atoms with Gasteiger partial charge in [0.2, 0.25) is 0 Å². The topological polar surface area (TPSA) is 125 Å². The summed E-state index contributed by atoms with van der Waals surface area (Å²) in [6.45, 7) is 3.32. The minimum Gasteiger partial charge on any atom is -0.382 e. The second-order valence-corrected chi connectivity index (χ2v) is 9.95. The number of piperidine rings is 1. The van der Waals surface area contributed by atoms with Gasteiger partial charge in [0.15, 0.2) is 11.5 Å². The largest absolute Gasteiger partial charge is 0.382 e. The molecule has 1 aliphatic heterocycles. The van der Waals surface area contributed by atoms with Gasteiger partial charge < -0.3 is 20.9 Å². The number of fused-ring (bicyclic) bond motifs is 1. The molecule has 5 heterocycles. The van der Waals surface area contributed by atoms with Crippen LogP contribution in [-0.2, 0) is 12.1 Å². The van der Waals surface area contributed by atoms with Crippen molar-refractivity contribution in [1.29, 1.82) is 0 Å². The summed E-state index contributed by atoms with van der Waals surface area (Å²) in [4.78, 5) is 24.2. The second-order valence-electron chi connectivity index (χ2n) is 9.95. The van der Waals surface area contributed by atoms with E-state index in [-0.39, 0.29) is 11.6 Å². The maximum Gasteiger partial charge on any atom is 0.165 e. The SMILES string of the molecule is Cc1nc([C@@]2(N)CCCN(c3cnc(-c4ccc(F)cc4)cc3Cn3cnc4c(N)ncnc43)C2)ccc1F. The van der Waals surface area contributed by atoms with Gasteiger partial charge in [0.1, 0.15) is 23.5 Å². The van der Waals surface area contributed by atoms with Crippen LogP contribution < -0.4 is 16.4 Å². The van der Waals surface area contributed by atoms with Gasteiger partial charge in [-0.05, 0) is 67.8 Å². The summed E-state index contributed by atoms with van der Waals surface area (Å²) in [5, 5.41) is 0. The fourth-order valence-corrected chi connectivity index (χ4v) is 5.20. The summed E-state index contributed by atoms with van der Waals surface area (Å²) in [5.74, 6) is -0.350. The van der Waals surface area contributed by atoms with Gasteiger partial charge in [0, 0.05) is 18.7 Å². The van der Waals surface area contributed by atoms with Crippen LogP contribution in [0.5, 0.6) is 0 Å². The van der Waals surface area contributed by atoms with Crippen molar-refractivity contribution in [3.8, 4) is 11.3 Å². The molecule has 4 N–H and O–H groups in total. The summed E-state index contributed by atoms with van der Waals surface area (Å²) in [6, 6.07) is 11.3. The van der Waals surface area contributed by atoms with E-state index in [9.17, 15) is 8.78 Å². The van der Waals surface area contributed by atoms with Crippen LogP contribution in [0, 0.1) is 18.6 Å². The quantitative estimate of drug-likeness (QED) is 0.352. The first-order chi connectivity index (χ1) is 18.8. The van der Waals surface area contributed by atoms with Crippen molar-refractivity contribution in [2.75, 3.05) is 23.7 Å². The average molecular weight is 528 g/mol. The molecule has 0 spiro atoms. The first-order valence-electron chi connectivity index (χ1n) is 12.6. The van der Waals surface area contributed by atoms with Gasteiger partial charge in [-0.3, -0.25) is 9.97 Å². The molecular weight excluding hydrogens is 500 g/mol. The van der Waals surface area contributed by atoms with E-state index in [0.717, 1.165) is 36.2 Å². The lowest BCUT2D eigenvalue weighted by atomic mass is 9.86. The molecule has 9 nitrogen and oxygen atoms in total. The summed E-state index contributed by atoms with van der Waals surface area (Å²) in [7, 11) is 0. The number of aryl methyl sites for hydroxylation is 1. The Morgan fingerprint density at radius 3 is 2.64 bits per heavy atom. The van der Waals surface area contributed by atoms with Gasteiger partial charge in [-0.25, -0.2) is 23.7 Å². The van der Waals surface area contributed by atoms with Crippen molar-refractivity contribution in [2.24, 2.45) is 5.73 Å². The third-order valence-electron chi connectivity index (χ3n) is 7.27. The van der Waals surface area contributed by atoms with Gasteiger partial charge >= 0.3 is 0 Å². The Bertz CT molecular complexity index is 1670. The highest BCUT2D eigenvalue weighted by Crippen LogP contribution is 2.34. The van der Waals surface area contributed by atoms with Crippen molar-refractivity contribution < 1.29 is 8.78 Å². The van der Waals surface area contributed by atoms with Crippen LogP contribution in [0.2, 0.25) is 0 Å². The summed E-state index contributed by atoms with van der Waals surface area (Å²) >= 11 is 0. The average Bonchev–Trinajstić information content (AvgIpc) is 3.34. The highest BCUT2D eigenvalue weighted by atomic mass is 19.1. The predicted octanol–water partition coefficient (Wildman–Crippen LogP) is 3.95. The molecule has 1 fully saturated rings. The normalized spacial score (nSPS) is 17.6. The van der Waals surface area contributed by atoms with Crippen molar-refractivity contribution in [3.05, 3.63) is 89.9 Å². The molecule has 4 aromatic heterocycles. The Labute approximate surface area is 223 Å². The van der Waals surface area contributed by atoms with Gasteiger partial charge in [-0.2, -0.15) is 0 Å². The molecule has 198 valence electrons. The standard InChI is InChI=1S/C28H27F2N9/c1-17-21(30)7-8-24(37-17)28(32)9-2-10-38(14-28)23-12-33-22(18-3-5-20(29)6-4-18)11-19(23)13-39-16-36-25-26(31)34-15-35-27(25)39/h3-8,11-12,15-16H,2,9-10,13-14,32H2,1H3,(H2,31,34,35)/t28-/m1/s1. The second kappa shape index (κ2) is 9.66. The maximum absolute atomic E-state index is 13.9. The Morgan fingerprint density at radius 2 is 1.85 bits per heavy atom. The molecule has 0 saturated carbocycles. The molecule has 11 heteroatoms.